The second-order valence-corrected chi connectivity index (χ2v) is 7.57. The standard InChI is InChI=1S/C17H16Cl2IN3O/c18-15-5-4-14(11-16(15)19)22-6-8-23(9-7-22)17(24)21-13-3-1-2-12(20)10-13/h1-5,10-11H,6-9H2,(H,21,24). The number of benzene rings is 2. The lowest BCUT2D eigenvalue weighted by molar-refractivity contribution is 0.208. The quantitative estimate of drug-likeness (QED) is 0.623. The Balaban J connectivity index is 1.58. The summed E-state index contributed by atoms with van der Waals surface area (Å²) in [6, 6.07) is 13.3. The molecule has 1 fully saturated rings. The highest BCUT2D eigenvalue weighted by molar-refractivity contribution is 14.1. The molecular formula is C17H16Cl2IN3O. The van der Waals surface area contributed by atoms with E-state index in [1.54, 1.807) is 6.07 Å². The summed E-state index contributed by atoms with van der Waals surface area (Å²) >= 11 is 14.3. The average Bonchev–Trinajstić information content (AvgIpc) is 2.57. The molecule has 0 spiro atoms. The van der Waals surface area contributed by atoms with Gasteiger partial charge in [-0.2, -0.15) is 0 Å². The van der Waals surface area contributed by atoms with Crippen molar-refractivity contribution in [2.24, 2.45) is 0 Å². The molecule has 24 heavy (non-hydrogen) atoms. The predicted octanol–water partition coefficient (Wildman–Crippen LogP) is 4.95. The molecule has 126 valence electrons. The Morgan fingerprint density at radius 1 is 1.00 bits per heavy atom. The molecule has 0 aliphatic carbocycles. The van der Waals surface area contributed by atoms with Crippen molar-refractivity contribution in [1.82, 2.24) is 4.90 Å². The van der Waals surface area contributed by atoms with Crippen LogP contribution in [0.1, 0.15) is 0 Å². The van der Waals surface area contributed by atoms with Crippen LogP contribution in [0.3, 0.4) is 0 Å². The van der Waals surface area contributed by atoms with Crippen molar-refractivity contribution in [1.29, 1.82) is 0 Å². The monoisotopic (exact) mass is 475 g/mol. The zero-order chi connectivity index (χ0) is 17.1. The van der Waals surface area contributed by atoms with E-state index in [0.717, 1.165) is 28.0 Å². The summed E-state index contributed by atoms with van der Waals surface area (Å²) < 4.78 is 1.09. The number of rotatable bonds is 2. The maximum atomic E-state index is 12.4. The highest BCUT2D eigenvalue weighted by Crippen LogP contribution is 2.27. The van der Waals surface area contributed by atoms with Gasteiger partial charge in [0.1, 0.15) is 0 Å². The molecule has 0 aromatic heterocycles. The number of piperazine rings is 1. The number of carbonyl (C=O) groups is 1. The van der Waals surface area contributed by atoms with E-state index in [1.165, 1.54) is 0 Å². The molecule has 0 unspecified atom stereocenters. The van der Waals surface area contributed by atoms with Gasteiger partial charge in [-0.15, -0.1) is 0 Å². The van der Waals surface area contributed by atoms with Gasteiger partial charge < -0.3 is 15.1 Å². The first-order valence-electron chi connectivity index (χ1n) is 7.54. The first-order chi connectivity index (χ1) is 11.5. The lowest BCUT2D eigenvalue weighted by Gasteiger charge is -2.36. The molecule has 2 aromatic carbocycles. The molecule has 2 amide bonds. The van der Waals surface area contributed by atoms with Crippen molar-refractivity contribution in [3.8, 4) is 0 Å². The van der Waals surface area contributed by atoms with Crippen LogP contribution in [0.15, 0.2) is 42.5 Å². The van der Waals surface area contributed by atoms with Gasteiger partial charge in [0.25, 0.3) is 0 Å². The Morgan fingerprint density at radius 2 is 1.75 bits per heavy atom. The molecule has 0 atom stereocenters. The summed E-state index contributed by atoms with van der Waals surface area (Å²) in [5.41, 5.74) is 1.85. The fourth-order valence-corrected chi connectivity index (χ4v) is 3.45. The van der Waals surface area contributed by atoms with Crippen LogP contribution in [0, 0.1) is 3.57 Å². The molecule has 4 nitrogen and oxygen atoms in total. The molecule has 1 N–H and O–H groups in total. The van der Waals surface area contributed by atoms with Crippen LogP contribution in [-0.4, -0.2) is 37.1 Å². The largest absolute Gasteiger partial charge is 0.368 e. The van der Waals surface area contributed by atoms with E-state index in [-0.39, 0.29) is 6.03 Å². The number of nitrogens with zero attached hydrogens (tertiary/aromatic N) is 2. The Labute approximate surface area is 164 Å². The lowest BCUT2D eigenvalue weighted by Crippen LogP contribution is -2.50. The van der Waals surface area contributed by atoms with Crippen molar-refractivity contribution in [2.75, 3.05) is 36.4 Å². The van der Waals surface area contributed by atoms with Crippen LogP contribution in [0.5, 0.6) is 0 Å². The summed E-state index contributed by atoms with van der Waals surface area (Å²) in [4.78, 5) is 16.4. The highest BCUT2D eigenvalue weighted by atomic mass is 127. The van der Waals surface area contributed by atoms with Crippen molar-refractivity contribution in [3.05, 3.63) is 56.1 Å². The Bertz CT molecular complexity index is 748. The predicted molar refractivity (Wildman–Crippen MR) is 108 cm³/mol. The van der Waals surface area contributed by atoms with Crippen LogP contribution in [0.25, 0.3) is 0 Å². The second-order valence-electron chi connectivity index (χ2n) is 5.51. The topological polar surface area (TPSA) is 35.6 Å². The van der Waals surface area contributed by atoms with Crippen molar-refractivity contribution in [3.63, 3.8) is 0 Å². The van der Waals surface area contributed by atoms with Gasteiger partial charge in [0.15, 0.2) is 0 Å². The Hall–Kier alpha value is -1.18. The van der Waals surface area contributed by atoms with E-state index in [4.69, 9.17) is 23.2 Å². The second kappa shape index (κ2) is 7.80. The summed E-state index contributed by atoms with van der Waals surface area (Å²) in [5, 5.41) is 4.05. The molecule has 0 radical (unpaired) electrons. The van der Waals surface area contributed by atoms with E-state index < -0.39 is 0 Å². The SMILES string of the molecule is O=C(Nc1cccc(I)c1)N1CCN(c2ccc(Cl)c(Cl)c2)CC1. The fourth-order valence-electron chi connectivity index (χ4n) is 2.62. The van der Waals surface area contributed by atoms with Crippen LogP contribution in [0.4, 0.5) is 16.2 Å². The number of carbonyl (C=O) groups excluding carboxylic acids is 1. The van der Waals surface area contributed by atoms with Crippen molar-refractivity contribution < 1.29 is 4.79 Å². The fraction of sp³-hybridized carbons (Fsp3) is 0.235. The van der Waals surface area contributed by atoms with E-state index in [0.29, 0.717) is 23.1 Å². The van der Waals surface area contributed by atoms with Gasteiger partial charge in [-0.25, -0.2) is 4.79 Å². The van der Waals surface area contributed by atoms with Crippen LogP contribution in [-0.2, 0) is 0 Å². The number of nitrogens with one attached hydrogen (secondary N) is 1. The average molecular weight is 476 g/mol. The first kappa shape index (κ1) is 17.6. The van der Waals surface area contributed by atoms with Crippen molar-refractivity contribution in [2.45, 2.75) is 0 Å². The van der Waals surface area contributed by atoms with Gasteiger partial charge in [-0.1, -0.05) is 29.3 Å². The third-order valence-corrected chi connectivity index (χ3v) is 5.32. The van der Waals surface area contributed by atoms with Gasteiger partial charge in [0.2, 0.25) is 0 Å². The maximum absolute atomic E-state index is 12.4. The number of urea groups is 1. The van der Waals surface area contributed by atoms with Gasteiger partial charge >= 0.3 is 6.03 Å². The van der Waals surface area contributed by atoms with Gasteiger partial charge in [0.05, 0.1) is 10.0 Å². The number of anilines is 2. The Kier molecular flexibility index (Phi) is 5.73. The van der Waals surface area contributed by atoms with E-state index in [2.05, 4.69) is 32.8 Å². The maximum Gasteiger partial charge on any atom is 0.321 e. The molecule has 3 rings (SSSR count). The summed E-state index contributed by atoms with van der Waals surface area (Å²) in [5.74, 6) is 0. The molecule has 0 bridgehead atoms. The third kappa shape index (κ3) is 4.26. The number of halogens is 3. The molecule has 1 aliphatic rings. The van der Waals surface area contributed by atoms with Crippen molar-refractivity contribution >= 4 is 63.2 Å². The number of hydrogen-bond donors (Lipinski definition) is 1. The summed E-state index contributed by atoms with van der Waals surface area (Å²) in [6.07, 6.45) is 0. The molecule has 1 saturated heterocycles. The molecule has 2 aromatic rings. The van der Waals surface area contributed by atoms with E-state index in [9.17, 15) is 4.79 Å². The molecular weight excluding hydrogens is 460 g/mol. The van der Waals surface area contributed by atoms with Crippen LogP contribution >= 0.6 is 45.8 Å². The normalized spacial score (nSPS) is 14.6. The lowest BCUT2D eigenvalue weighted by atomic mass is 10.2. The molecule has 7 heteroatoms. The highest BCUT2D eigenvalue weighted by Gasteiger charge is 2.21. The van der Waals surface area contributed by atoms with Gasteiger partial charge in [-0.05, 0) is 59.0 Å². The van der Waals surface area contributed by atoms with Gasteiger partial charge in [0, 0.05) is 41.1 Å². The first-order valence-corrected chi connectivity index (χ1v) is 9.38. The molecule has 0 saturated carbocycles. The molecule has 1 aliphatic heterocycles. The van der Waals surface area contributed by atoms with E-state index in [1.807, 2.05) is 41.3 Å². The minimum atomic E-state index is -0.0641. The zero-order valence-electron chi connectivity index (χ0n) is 12.8. The minimum Gasteiger partial charge on any atom is -0.368 e. The summed E-state index contributed by atoms with van der Waals surface area (Å²) in [7, 11) is 0. The third-order valence-electron chi connectivity index (χ3n) is 3.91. The zero-order valence-corrected chi connectivity index (χ0v) is 16.5. The number of hydrogen-bond acceptors (Lipinski definition) is 2. The van der Waals surface area contributed by atoms with Crippen LogP contribution < -0.4 is 10.2 Å². The minimum absolute atomic E-state index is 0.0641. The summed E-state index contributed by atoms with van der Waals surface area (Å²) in [6.45, 7) is 2.85. The number of amides is 2. The van der Waals surface area contributed by atoms with Gasteiger partial charge in [-0.3, -0.25) is 0 Å². The van der Waals surface area contributed by atoms with Crippen LogP contribution in [0.2, 0.25) is 10.0 Å². The Morgan fingerprint density at radius 3 is 2.42 bits per heavy atom. The molecule has 1 heterocycles. The smallest absolute Gasteiger partial charge is 0.321 e. The van der Waals surface area contributed by atoms with E-state index >= 15 is 0 Å².